The smallest absolute Gasteiger partial charge is 0.145 e. The number of aromatic nitrogens is 1. The van der Waals surface area contributed by atoms with E-state index in [0.29, 0.717) is 23.6 Å². The standard InChI is InChI=1S/C14H15N2O4/c1-19-9-11-6-7-13(20-2)14(15-11)10-4-3-5-12(8-10)16(17)18/h3-8,17H,9H2,1-2H3/q-1. The highest BCUT2D eigenvalue weighted by atomic mass is 16.8. The zero-order valence-corrected chi connectivity index (χ0v) is 11.2. The molecular formula is C14H15N2O4-. The summed E-state index contributed by atoms with van der Waals surface area (Å²) in [5.41, 5.74) is 2.14. The van der Waals surface area contributed by atoms with Crippen LogP contribution in [0.1, 0.15) is 5.69 Å². The Hall–Kier alpha value is -2.15. The summed E-state index contributed by atoms with van der Waals surface area (Å²) in [4.78, 5) is 4.45. The average molecular weight is 275 g/mol. The summed E-state index contributed by atoms with van der Waals surface area (Å²) in [6, 6.07) is 10.1. The van der Waals surface area contributed by atoms with E-state index in [1.165, 1.54) is 12.1 Å². The van der Waals surface area contributed by atoms with Crippen LogP contribution in [0.15, 0.2) is 36.4 Å². The van der Waals surface area contributed by atoms with E-state index < -0.39 is 0 Å². The van der Waals surface area contributed by atoms with Crippen LogP contribution in [0.4, 0.5) is 5.69 Å². The summed E-state index contributed by atoms with van der Waals surface area (Å²) >= 11 is 0. The van der Waals surface area contributed by atoms with Crippen molar-refractivity contribution in [2.45, 2.75) is 6.61 Å². The van der Waals surface area contributed by atoms with Crippen molar-refractivity contribution in [3.05, 3.63) is 47.3 Å². The summed E-state index contributed by atoms with van der Waals surface area (Å²) in [6.45, 7) is 0.379. The highest BCUT2D eigenvalue weighted by Crippen LogP contribution is 2.30. The van der Waals surface area contributed by atoms with Gasteiger partial charge in [0.1, 0.15) is 11.4 Å². The number of ether oxygens (including phenoxy) is 2. The summed E-state index contributed by atoms with van der Waals surface area (Å²) in [7, 11) is 3.14. The first-order chi connectivity index (χ1) is 9.65. The maximum absolute atomic E-state index is 11.0. The largest absolute Gasteiger partial charge is 0.733 e. The van der Waals surface area contributed by atoms with Crippen LogP contribution in [-0.4, -0.2) is 24.4 Å². The molecule has 0 atom stereocenters. The molecule has 0 aliphatic heterocycles. The summed E-state index contributed by atoms with van der Waals surface area (Å²) in [5.74, 6) is 0.581. The fourth-order valence-corrected chi connectivity index (χ4v) is 1.86. The molecule has 0 aliphatic rings. The predicted molar refractivity (Wildman–Crippen MR) is 74.6 cm³/mol. The molecule has 1 N–H and O–H groups in total. The molecule has 0 unspecified atom stereocenters. The number of methoxy groups -OCH3 is 2. The molecule has 106 valence electrons. The normalized spacial score (nSPS) is 10.4. The van der Waals surface area contributed by atoms with E-state index in [4.69, 9.17) is 14.7 Å². The third kappa shape index (κ3) is 3.05. The molecule has 0 spiro atoms. The molecule has 1 aromatic heterocycles. The van der Waals surface area contributed by atoms with Crippen molar-refractivity contribution in [1.29, 1.82) is 0 Å². The Kier molecular flexibility index (Phi) is 4.52. The Morgan fingerprint density at radius 1 is 1.25 bits per heavy atom. The molecular weight excluding hydrogens is 260 g/mol. The zero-order valence-electron chi connectivity index (χ0n) is 11.2. The molecule has 2 aromatic rings. The third-order valence-electron chi connectivity index (χ3n) is 2.77. The Bertz CT molecular complexity index is 587. The molecule has 0 bridgehead atoms. The number of hydrogen-bond acceptors (Lipinski definition) is 6. The molecule has 20 heavy (non-hydrogen) atoms. The molecule has 2 rings (SSSR count). The van der Waals surface area contributed by atoms with Crippen LogP contribution in [0, 0.1) is 5.21 Å². The average Bonchev–Trinajstić information content (AvgIpc) is 2.47. The summed E-state index contributed by atoms with van der Waals surface area (Å²) in [6.07, 6.45) is 0. The minimum absolute atomic E-state index is 0.128. The summed E-state index contributed by atoms with van der Waals surface area (Å²) in [5, 5.41) is 19.7. The van der Waals surface area contributed by atoms with Gasteiger partial charge in [-0.3, -0.25) is 5.21 Å². The molecule has 0 fully saturated rings. The quantitative estimate of drug-likeness (QED) is 0.845. The van der Waals surface area contributed by atoms with E-state index in [1.807, 2.05) is 6.07 Å². The van der Waals surface area contributed by atoms with Crippen LogP contribution in [-0.2, 0) is 11.3 Å². The fraction of sp³-hybridized carbons (Fsp3) is 0.214. The molecule has 1 heterocycles. The molecule has 6 heteroatoms. The molecule has 0 amide bonds. The number of nitrogens with zero attached hydrogens (tertiary/aromatic N) is 2. The molecule has 0 saturated carbocycles. The van der Waals surface area contributed by atoms with Crippen LogP contribution in [0.25, 0.3) is 11.3 Å². The van der Waals surface area contributed by atoms with Gasteiger partial charge >= 0.3 is 0 Å². The zero-order chi connectivity index (χ0) is 14.5. The van der Waals surface area contributed by atoms with Crippen molar-refractivity contribution < 1.29 is 14.7 Å². The van der Waals surface area contributed by atoms with Crippen LogP contribution in [0.2, 0.25) is 0 Å². The van der Waals surface area contributed by atoms with Gasteiger partial charge in [0.25, 0.3) is 0 Å². The highest BCUT2D eigenvalue weighted by molar-refractivity contribution is 5.70. The van der Waals surface area contributed by atoms with E-state index in [-0.39, 0.29) is 10.9 Å². The Morgan fingerprint density at radius 3 is 2.70 bits per heavy atom. The van der Waals surface area contributed by atoms with Gasteiger partial charge in [-0.25, -0.2) is 4.98 Å². The lowest BCUT2D eigenvalue weighted by Crippen LogP contribution is -2.07. The van der Waals surface area contributed by atoms with Crippen LogP contribution >= 0.6 is 0 Å². The first kappa shape index (κ1) is 14.3. The van der Waals surface area contributed by atoms with Gasteiger partial charge in [0.05, 0.1) is 25.1 Å². The molecule has 0 saturated heterocycles. The third-order valence-corrected chi connectivity index (χ3v) is 2.77. The topological polar surface area (TPSA) is 77.9 Å². The van der Waals surface area contributed by atoms with Gasteiger partial charge in [0.15, 0.2) is 0 Å². The first-order valence-electron chi connectivity index (χ1n) is 5.95. The van der Waals surface area contributed by atoms with Crippen molar-refractivity contribution in [1.82, 2.24) is 4.98 Å². The molecule has 6 nitrogen and oxygen atoms in total. The van der Waals surface area contributed by atoms with Crippen molar-refractivity contribution in [2.24, 2.45) is 0 Å². The minimum atomic E-state index is -0.186. The fourth-order valence-electron chi connectivity index (χ4n) is 1.86. The highest BCUT2D eigenvalue weighted by Gasteiger charge is 2.10. The van der Waals surface area contributed by atoms with E-state index in [0.717, 1.165) is 5.69 Å². The van der Waals surface area contributed by atoms with Gasteiger partial charge < -0.3 is 19.9 Å². The maximum atomic E-state index is 11.0. The lowest BCUT2D eigenvalue weighted by atomic mass is 10.1. The Morgan fingerprint density at radius 2 is 2.05 bits per heavy atom. The van der Waals surface area contributed by atoms with Crippen LogP contribution < -0.4 is 9.96 Å². The number of anilines is 1. The minimum Gasteiger partial charge on any atom is -0.733 e. The Labute approximate surface area is 116 Å². The van der Waals surface area contributed by atoms with Crippen LogP contribution in [0.5, 0.6) is 5.75 Å². The van der Waals surface area contributed by atoms with Crippen molar-refractivity contribution >= 4 is 5.69 Å². The van der Waals surface area contributed by atoms with Crippen molar-refractivity contribution in [3.8, 4) is 17.0 Å². The lowest BCUT2D eigenvalue weighted by molar-refractivity contribution is 0.181. The summed E-state index contributed by atoms with van der Waals surface area (Å²) < 4.78 is 10.3. The van der Waals surface area contributed by atoms with Gasteiger partial charge in [-0.2, -0.15) is 0 Å². The molecule has 0 aliphatic carbocycles. The Balaban J connectivity index is 2.49. The van der Waals surface area contributed by atoms with Gasteiger partial charge in [0.2, 0.25) is 0 Å². The number of pyridine rings is 1. The molecule has 1 aromatic carbocycles. The second kappa shape index (κ2) is 6.33. The van der Waals surface area contributed by atoms with Crippen molar-refractivity contribution in [3.63, 3.8) is 0 Å². The first-order valence-corrected chi connectivity index (χ1v) is 5.95. The molecule has 0 radical (unpaired) electrons. The van der Waals surface area contributed by atoms with Gasteiger partial charge in [-0.05, 0) is 24.3 Å². The second-order valence-corrected chi connectivity index (χ2v) is 4.11. The van der Waals surface area contributed by atoms with E-state index >= 15 is 0 Å². The van der Waals surface area contributed by atoms with Crippen molar-refractivity contribution in [2.75, 3.05) is 19.4 Å². The number of hydrogen-bond donors (Lipinski definition) is 1. The van der Waals surface area contributed by atoms with Gasteiger partial charge in [0, 0.05) is 12.7 Å². The van der Waals surface area contributed by atoms with E-state index in [1.54, 1.807) is 32.4 Å². The lowest BCUT2D eigenvalue weighted by Gasteiger charge is -2.22. The second-order valence-electron chi connectivity index (χ2n) is 4.11. The number of rotatable bonds is 5. The van der Waals surface area contributed by atoms with Gasteiger partial charge in [-0.15, -0.1) is 0 Å². The monoisotopic (exact) mass is 275 g/mol. The maximum Gasteiger partial charge on any atom is 0.145 e. The van der Waals surface area contributed by atoms with Crippen LogP contribution in [0.3, 0.4) is 0 Å². The van der Waals surface area contributed by atoms with E-state index in [2.05, 4.69) is 4.98 Å². The van der Waals surface area contributed by atoms with E-state index in [9.17, 15) is 5.21 Å². The number of benzene rings is 1. The SMILES string of the molecule is COCc1ccc(OC)c(-c2cccc(N([O-])O)c2)n1. The van der Waals surface area contributed by atoms with Gasteiger partial charge in [-0.1, -0.05) is 12.1 Å². The predicted octanol–water partition coefficient (Wildman–Crippen LogP) is 2.60.